The van der Waals surface area contributed by atoms with Gasteiger partial charge in [0.15, 0.2) is 0 Å². The van der Waals surface area contributed by atoms with Gasteiger partial charge < -0.3 is 15.2 Å². The highest BCUT2D eigenvalue weighted by Crippen LogP contribution is 2.27. The summed E-state index contributed by atoms with van der Waals surface area (Å²) >= 11 is 0. The first-order valence-electron chi connectivity index (χ1n) is 7.33. The lowest BCUT2D eigenvalue weighted by molar-refractivity contribution is -0.124. The summed E-state index contributed by atoms with van der Waals surface area (Å²) in [5.74, 6) is -0.753. The Labute approximate surface area is 131 Å². The standard InChI is InChI=1S/C17H25NO4/c1-11(2)9-17(3,4)16(21)18-14-7-12(10-22-5)6-13(8-14)15(19)20/h6-8,11H,9-10H2,1-5H3,(H,18,21)(H,19,20). The number of benzene rings is 1. The SMILES string of the molecule is COCc1cc(NC(=O)C(C)(C)CC(C)C)cc(C(=O)O)c1. The van der Waals surface area contributed by atoms with Crippen molar-refractivity contribution in [3.8, 4) is 0 Å². The summed E-state index contributed by atoms with van der Waals surface area (Å²) < 4.78 is 5.04. The van der Waals surface area contributed by atoms with Gasteiger partial charge in [0.25, 0.3) is 0 Å². The quantitative estimate of drug-likeness (QED) is 0.808. The molecule has 0 heterocycles. The van der Waals surface area contributed by atoms with Crippen LogP contribution in [0.2, 0.25) is 0 Å². The van der Waals surface area contributed by atoms with E-state index in [0.717, 1.165) is 6.42 Å². The Hall–Kier alpha value is -1.88. The molecular weight excluding hydrogens is 282 g/mol. The first kappa shape index (κ1) is 18.2. The Morgan fingerprint density at radius 3 is 2.41 bits per heavy atom. The molecule has 0 aliphatic carbocycles. The first-order chi connectivity index (χ1) is 10.2. The number of methoxy groups -OCH3 is 1. The van der Waals surface area contributed by atoms with Crippen LogP contribution in [0, 0.1) is 11.3 Å². The van der Waals surface area contributed by atoms with E-state index in [1.165, 1.54) is 13.2 Å². The van der Waals surface area contributed by atoms with E-state index >= 15 is 0 Å². The van der Waals surface area contributed by atoms with Gasteiger partial charge in [-0.15, -0.1) is 0 Å². The maximum absolute atomic E-state index is 12.4. The van der Waals surface area contributed by atoms with Gasteiger partial charge in [0.05, 0.1) is 12.2 Å². The third-order valence-electron chi connectivity index (χ3n) is 3.34. The number of nitrogens with one attached hydrogen (secondary N) is 1. The summed E-state index contributed by atoms with van der Waals surface area (Å²) in [6, 6.07) is 4.74. The van der Waals surface area contributed by atoms with Crippen LogP contribution in [0.1, 0.15) is 50.0 Å². The molecule has 0 spiro atoms. The predicted molar refractivity (Wildman–Crippen MR) is 86.0 cm³/mol. The molecule has 1 aromatic rings. The molecule has 0 bridgehead atoms. The van der Waals surface area contributed by atoms with Crippen LogP contribution in [0.3, 0.4) is 0 Å². The molecule has 0 aromatic heterocycles. The van der Waals surface area contributed by atoms with E-state index < -0.39 is 11.4 Å². The number of carbonyl (C=O) groups excluding carboxylic acids is 1. The molecule has 1 rings (SSSR count). The minimum Gasteiger partial charge on any atom is -0.478 e. The predicted octanol–water partition coefficient (Wildman–Crippen LogP) is 3.54. The summed E-state index contributed by atoms with van der Waals surface area (Å²) in [5.41, 5.74) is 0.800. The first-order valence-corrected chi connectivity index (χ1v) is 7.33. The smallest absolute Gasteiger partial charge is 0.335 e. The number of amides is 1. The third-order valence-corrected chi connectivity index (χ3v) is 3.34. The average molecular weight is 307 g/mol. The minimum atomic E-state index is -1.03. The number of carbonyl (C=O) groups is 2. The molecule has 1 amide bonds. The number of anilines is 1. The number of rotatable bonds is 7. The van der Waals surface area contributed by atoms with E-state index in [2.05, 4.69) is 19.2 Å². The second-order valence-electron chi connectivity index (χ2n) is 6.59. The summed E-state index contributed by atoms with van der Waals surface area (Å²) in [5, 5.41) is 12.0. The summed E-state index contributed by atoms with van der Waals surface area (Å²) in [7, 11) is 1.54. The van der Waals surface area contributed by atoms with Crippen molar-refractivity contribution in [1.29, 1.82) is 0 Å². The Balaban J connectivity index is 3.01. The molecule has 2 N–H and O–H groups in total. The van der Waals surface area contributed by atoms with Crippen LogP contribution in [0.5, 0.6) is 0 Å². The molecule has 5 nitrogen and oxygen atoms in total. The molecule has 0 fully saturated rings. The lowest BCUT2D eigenvalue weighted by atomic mass is 9.83. The largest absolute Gasteiger partial charge is 0.478 e. The zero-order valence-corrected chi connectivity index (χ0v) is 13.9. The monoisotopic (exact) mass is 307 g/mol. The summed E-state index contributed by atoms with van der Waals surface area (Å²) in [6.45, 7) is 8.20. The van der Waals surface area contributed by atoms with Crippen molar-refractivity contribution in [2.75, 3.05) is 12.4 Å². The Kier molecular flexibility index (Phi) is 6.11. The van der Waals surface area contributed by atoms with E-state index in [-0.39, 0.29) is 11.5 Å². The average Bonchev–Trinajstić information content (AvgIpc) is 2.37. The number of hydrogen-bond acceptors (Lipinski definition) is 3. The van der Waals surface area contributed by atoms with Crippen molar-refractivity contribution in [2.45, 2.75) is 40.7 Å². The highest BCUT2D eigenvalue weighted by molar-refractivity contribution is 5.96. The molecule has 22 heavy (non-hydrogen) atoms. The van der Waals surface area contributed by atoms with Crippen molar-refractivity contribution < 1.29 is 19.4 Å². The normalized spacial score (nSPS) is 11.5. The van der Waals surface area contributed by atoms with Gasteiger partial charge in [-0.1, -0.05) is 27.7 Å². The Bertz CT molecular complexity index is 550. The van der Waals surface area contributed by atoms with E-state index in [1.54, 1.807) is 12.1 Å². The van der Waals surface area contributed by atoms with Crippen molar-refractivity contribution in [3.63, 3.8) is 0 Å². The number of aromatic carboxylic acids is 1. The lowest BCUT2D eigenvalue weighted by Gasteiger charge is -2.25. The zero-order chi connectivity index (χ0) is 16.9. The van der Waals surface area contributed by atoms with Crippen LogP contribution in [0.15, 0.2) is 18.2 Å². The van der Waals surface area contributed by atoms with Crippen LogP contribution in [-0.4, -0.2) is 24.1 Å². The minimum absolute atomic E-state index is 0.118. The van der Waals surface area contributed by atoms with E-state index in [1.807, 2.05) is 13.8 Å². The number of hydrogen-bond donors (Lipinski definition) is 2. The molecule has 122 valence electrons. The van der Waals surface area contributed by atoms with Gasteiger partial charge in [-0.2, -0.15) is 0 Å². The van der Waals surface area contributed by atoms with Crippen molar-refractivity contribution in [1.82, 2.24) is 0 Å². The highest BCUT2D eigenvalue weighted by Gasteiger charge is 2.28. The van der Waals surface area contributed by atoms with Crippen LogP contribution in [0.4, 0.5) is 5.69 Å². The maximum atomic E-state index is 12.4. The molecule has 0 radical (unpaired) electrons. The Morgan fingerprint density at radius 2 is 1.91 bits per heavy atom. The second-order valence-corrected chi connectivity index (χ2v) is 6.59. The van der Waals surface area contributed by atoms with Crippen molar-refractivity contribution in [2.24, 2.45) is 11.3 Å². The molecular formula is C17H25NO4. The summed E-state index contributed by atoms with van der Waals surface area (Å²) in [4.78, 5) is 23.6. The number of carboxylic acids is 1. The van der Waals surface area contributed by atoms with Crippen molar-refractivity contribution >= 4 is 17.6 Å². The molecule has 0 atom stereocenters. The second kappa shape index (κ2) is 7.40. The van der Waals surface area contributed by atoms with Gasteiger partial charge in [-0.25, -0.2) is 4.79 Å². The molecule has 1 aromatic carbocycles. The van der Waals surface area contributed by atoms with E-state index in [0.29, 0.717) is 23.8 Å². The fourth-order valence-corrected chi connectivity index (χ4v) is 2.55. The topological polar surface area (TPSA) is 75.6 Å². The van der Waals surface area contributed by atoms with Crippen molar-refractivity contribution in [3.05, 3.63) is 29.3 Å². The van der Waals surface area contributed by atoms with Crippen LogP contribution >= 0.6 is 0 Å². The fraction of sp³-hybridized carbons (Fsp3) is 0.529. The summed E-state index contributed by atoms with van der Waals surface area (Å²) in [6.07, 6.45) is 0.752. The van der Waals surface area contributed by atoms with Gasteiger partial charge in [0, 0.05) is 18.2 Å². The van der Waals surface area contributed by atoms with Crippen LogP contribution in [-0.2, 0) is 16.1 Å². The van der Waals surface area contributed by atoms with E-state index in [4.69, 9.17) is 9.84 Å². The third kappa shape index (κ3) is 5.15. The molecule has 0 aliphatic heterocycles. The van der Waals surface area contributed by atoms with Gasteiger partial charge in [-0.3, -0.25) is 4.79 Å². The fourth-order valence-electron chi connectivity index (χ4n) is 2.55. The van der Waals surface area contributed by atoms with E-state index in [9.17, 15) is 9.59 Å². The number of ether oxygens (including phenoxy) is 1. The van der Waals surface area contributed by atoms with Crippen LogP contribution < -0.4 is 5.32 Å². The van der Waals surface area contributed by atoms with Gasteiger partial charge in [0.1, 0.15) is 0 Å². The van der Waals surface area contributed by atoms with Gasteiger partial charge in [0.2, 0.25) is 5.91 Å². The number of carboxylic acid groups (broad SMARTS) is 1. The zero-order valence-electron chi connectivity index (χ0n) is 13.9. The van der Waals surface area contributed by atoms with Gasteiger partial charge in [-0.05, 0) is 36.1 Å². The highest BCUT2D eigenvalue weighted by atomic mass is 16.5. The van der Waals surface area contributed by atoms with Gasteiger partial charge >= 0.3 is 5.97 Å². The molecule has 5 heteroatoms. The molecule has 0 aliphatic rings. The maximum Gasteiger partial charge on any atom is 0.335 e. The van der Waals surface area contributed by atoms with Crippen LogP contribution in [0.25, 0.3) is 0 Å². The molecule has 0 saturated carbocycles. The molecule has 0 saturated heterocycles. The Morgan fingerprint density at radius 1 is 1.27 bits per heavy atom. The lowest BCUT2D eigenvalue weighted by Crippen LogP contribution is -2.32. The molecule has 0 unspecified atom stereocenters.